The summed E-state index contributed by atoms with van der Waals surface area (Å²) in [5.74, 6) is -0.378. The van der Waals surface area contributed by atoms with Crippen LogP contribution in [0.1, 0.15) is 18.1 Å². The lowest BCUT2D eigenvalue weighted by Gasteiger charge is -2.32. The summed E-state index contributed by atoms with van der Waals surface area (Å²) in [5.41, 5.74) is 1.90. The van der Waals surface area contributed by atoms with E-state index < -0.39 is 34.4 Å². The normalized spacial score (nSPS) is 11.8. The van der Waals surface area contributed by atoms with Crippen LogP contribution in [0.15, 0.2) is 71.6 Å². The number of methoxy groups -OCH3 is 2. The molecular weight excluding hydrogens is 542 g/mol. The number of rotatable bonds is 11. The van der Waals surface area contributed by atoms with Crippen LogP contribution in [0.3, 0.4) is 0 Å². The van der Waals surface area contributed by atoms with Gasteiger partial charge >= 0.3 is 0 Å². The molecule has 0 aromatic heterocycles. The van der Waals surface area contributed by atoms with Gasteiger partial charge in [0, 0.05) is 24.7 Å². The van der Waals surface area contributed by atoms with Crippen LogP contribution in [0, 0.1) is 6.92 Å². The summed E-state index contributed by atoms with van der Waals surface area (Å²) < 4.78 is 39.5. The third kappa shape index (κ3) is 7.01. The van der Waals surface area contributed by atoms with Gasteiger partial charge < -0.3 is 19.7 Å². The van der Waals surface area contributed by atoms with Crippen LogP contribution in [-0.2, 0) is 26.2 Å². The van der Waals surface area contributed by atoms with Gasteiger partial charge in [-0.1, -0.05) is 41.4 Å². The average molecular weight is 574 g/mol. The number of likely N-dealkylation sites (N-methyl/N-ethyl adjacent to an activating group) is 1. The first kappa shape index (κ1) is 29.8. The van der Waals surface area contributed by atoms with Crippen LogP contribution in [-0.4, -0.2) is 59.0 Å². The number of ether oxygens (including phenoxy) is 2. The number of hydrogen-bond donors (Lipinski definition) is 1. The van der Waals surface area contributed by atoms with E-state index in [0.29, 0.717) is 22.0 Å². The summed E-state index contributed by atoms with van der Waals surface area (Å²) in [6.45, 7) is 2.95. The summed E-state index contributed by atoms with van der Waals surface area (Å²) >= 11 is 6.14. The molecule has 0 saturated heterocycles. The highest BCUT2D eigenvalue weighted by molar-refractivity contribution is 7.92. The quantitative estimate of drug-likeness (QED) is 0.371. The Morgan fingerprint density at radius 1 is 0.974 bits per heavy atom. The maximum Gasteiger partial charge on any atom is 0.264 e. The number of benzene rings is 3. The van der Waals surface area contributed by atoms with Crippen LogP contribution in [0.5, 0.6) is 11.5 Å². The largest absolute Gasteiger partial charge is 0.493 e. The van der Waals surface area contributed by atoms with E-state index in [4.69, 9.17) is 21.1 Å². The van der Waals surface area contributed by atoms with Crippen molar-refractivity contribution in [2.45, 2.75) is 31.3 Å². The van der Waals surface area contributed by atoms with Crippen LogP contribution in [0.4, 0.5) is 5.69 Å². The van der Waals surface area contributed by atoms with Gasteiger partial charge in [-0.3, -0.25) is 13.9 Å². The number of nitrogens with one attached hydrogen (secondary N) is 1. The molecule has 0 aliphatic carbocycles. The molecule has 3 aromatic carbocycles. The number of halogens is 1. The second kappa shape index (κ2) is 12.9. The van der Waals surface area contributed by atoms with Gasteiger partial charge in [0.1, 0.15) is 12.6 Å². The third-order valence-electron chi connectivity index (χ3n) is 6.20. The molecule has 2 amide bonds. The zero-order valence-electron chi connectivity index (χ0n) is 22.5. The number of hydrogen-bond acceptors (Lipinski definition) is 6. The topological polar surface area (TPSA) is 105 Å². The summed E-state index contributed by atoms with van der Waals surface area (Å²) in [6.07, 6.45) is 0. The number of aryl methyl sites for hydroxylation is 1. The fraction of sp³-hybridized carbons (Fsp3) is 0.286. The molecule has 3 aromatic rings. The van der Waals surface area contributed by atoms with E-state index in [1.807, 2.05) is 6.92 Å². The van der Waals surface area contributed by atoms with E-state index in [9.17, 15) is 18.0 Å². The zero-order valence-corrected chi connectivity index (χ0v) is 24.0. The molecule has 11 heteroatoms. The molecule has 3 rings (SSSR count). The van der Waals surface area contributed by atoms with Crippen molar-refractivity contribution in [3.63, 3.8) is 0 Å². The molecule has 0 saturated carbocycles. The van der Waals surface area contributed by atoms with Gasteiger partial charge in [0.25, 0.3) is 10.0 Å². The fourth-order valence-electron chi connectivity index (χ4n) is 3.97. The molecular formula is C28H32ClN3O6S. The van der Waals surface area contributed by atoms with Crippen molar-refractivity contribution in [3.05, 3.63) is 82.9 Å². The minimum atomic E-state index is -4.26. The van der Waals surface area contributed by atoms with Gasteiger partial charge in [0.2, 0.25) is 11.8 Å². The van der Waals surface area contributed by atoms with Gasteiger partial charge in [-0.25, -0.2) is 8.42 Å². The number of nitrogens with zero attached hydrogens (tertiary/aromatic N) is 2. The lowest BCUT2D eigenvalue weighted by Crippen LogP contribution is -2.50. The van der Waals surface area contributed by atoms with Crippen molar-refractivity contribution >= 4 is 39.1 Å². The van der Waals surface area contributed by atoms with Crippen LogP contribution in [0.25, 0.3) is 0 Å². The Bertz CT molecular complexity index is 1430. The Morgan fingerprint density at radius 3 is 2.23 bits per heavy atom. The van der Waals surface area contributed by atoms with Crippen molar-refractivity contribution in [1.29, 1.82) is 0 Å². The van der Waals surface area contributed by atoms with E-state index in [2.05, 4.69) is 5.32 Å². The van der Waals surface area contributed by atoms with Crippen LogP contribution < -0.4 is 19.1 Å². The van der Waals surface area contributed by atoms with Crippen LogP contribution >= 0.6 is 11.6 Å². The zero-order chi connectivity index (χ0) is 28.7. The van der Waals surface area contributed by atoms with Gasteiger partial charge in [-0.15, -0.1) is 0 Å². The molecule has 0 radical (unpaired) electrons. The molecule has 0 aliphatic rings. The number of anilines is 1. The third-order valence-corrected chi connectivity index (χ3v) is 8.20. The highest BCUT2D eigenvalue weighted by atomic mass is 35.5. The SMILES string of the molecule is CNC(=O)C(C)N(Cc1cccc(Cl)c1)C(=O)CN(c1ccc(C)cc1)S(=O)(=O)c1ccc(OC)c(OC)c1. The van der Waals surface area contributed by atoms with Gasteiger partial charge in [0.05, 0.1) is 24.8 Å². The summed E-state index contributed by atoms with van der Waals surface area (Å²) in [4.78, 5) is 27.6. The standard InChI is InChI=1S/C28H32ClN3O6S/c1-19-9-11-23(12-10-19)32(39(35,36)24-13-14-25(37-4)26(16-24)38-5)18-27(33)31(20(2)28(34)30-3)17-21-7-6-8-22(29)15-21/h6-16,20H,17-18H2,1-5H3,(H,30,34). The van der Waals surface area contributed by atoms with Crippen molar-refractivity contribution in [2.75, 3.05) is 32.1 Å². The van der Waals surface area contributed by atoms with Crippen molar-refractivity contribution < 1.29 is 27.5 Å². The second-order valence-corrected chi connectivity index (χ2v) is 11.1. The maximum absolute atomic E-state index is 14.0. The number of carbonyl (C=O) groups excluding carboxylic acids is 2. The molecule has 0 bridgehead atoms. The molecule has 0 heterocycles. The van der Waals surface area contributed by atoms with Gasteiger partial charge in [0.15, 0.2) is 11.5 Å². The predicted molar refractivity (Wildman–Crippen MR) is 151 cm³/mol. The van der Waals surface area contributed by atoms with E-state index in [0.717, 1.165) is 9.87 Å². The Morgan fingerprint density at radius 2 is 1.64 bits per heavy atom. The average Bonchev–Trinajstić information content (AvgIpc) is 2.93. The van der Waals surface area contributed by atoms with E-state index in [-0.39, 0.29) is 17.2 Å². The van der Waals surface area contributed by atoms with E-state index in [1.54, 1.807) is 55.5 Å². The molecule has 0 aliphatic heterocycles. The molecule has 9 nitrogen and oxygen atoms in total. The first-order valence-corrected chi connectivity index (χ1v) is 13.9. The van der Waals surface area contributed by atoms with Gasteiger partial charge in [-0.05, 0) is 55.8 Å². The highest BCUT2D eigenvalue weighted by Gasteiger charge is 2.32. The highest BCUT2D eigenvalue weighted by Crippen LogP contribution is 2.32. The van der Waals surface area contributed by atoms with Crippen molar-refractivity contribution in [2.24, 2.45) is 0 Å². The molecule has 208 valence electrons. The fourth-order valence-corrected chi connectivity index (χ4v) is 5.61. The molecule has 0 fully saturated rings. The second-order valence-electron chi connectivity index (χ2n) is 8.81. The van der Waals surface area contributed by atoms with Crippen LogP contribution in [0.2, 0.25) is 5.02 Å². The smallest absolute Gasteiger partial charge is 0.264 e. The summed E-state index contributed by atoms with van der Waals surface area (Å²) in [6, 6.07) is 17.0. The molecule has 1 atom stereocenters. The Labute approximate surface area is 234 Å². The Kier molecular flexibility index (Phi) is 9.82. The lowest BCUT2D eigenvalue weighted by atomic mass is 10.1. The summed E-state index contributed by atoms with van der Waals surface area (Å²) in [5, 5.41) is 3.03. The maximum atomic E-state index is 14.0. The Balaban J connectivity index is 2.07. The van der Waals surface area contributed by atoms with E-state index >= 15 is 0 Å². The Hall–Kier alpha value is -3.76. The first-order chi connectivity index (χ1) is 18.5. The predicted octanol–water partition coefficient (Wildman–Crippen LogP) is 4.02. The first-order valence-electron chi connectivity index (χ1n) is 12.1. The van der Waals surface area contributed by atoms with Crippen molar-refractivity contribution in [1.82, 2.24) is 10.2 Å². The summed E-state index contributed by atoms with van der Waals surface area (Å²) in [7, 11) is 0.0736. The number of amides is 2. The molecule has 1 N–H and O–H groups in total. The number of carbonyl (C=O) groups is 2. The van der Waals surface area contributed by atoms with Crippen molar-refractivity contribution in [3.8, 4) is 11.5 Å². The molecule has 39 heavy (non-hydrogen) atoms. The minimum absolute atomic E-state index is 0.0477. The van der Waals surface area contributed by atoms with E-state index in [1.165, 1.54) is 44.4 Å². The molecule has 0 spiro atoms. The minimum Gasteiger partial charge on any atom is -0.493 e. The molecule has 1 unspecified atom stereocenters. The monoisotopic (exact) mass is 573 g/mol. The lowest BCUT2D eigenvalue weighted by molar-refractivity contribution is -0.139. The van der Waals surface area contributed by atoms with Gasteiger partial charge in [-0.2, -0.15) is 0 Å². The number of sulfonamides is 1.